The molecule has 0 aliphatic rings. The van der Waals surface area contributed by atoms with Crippen molar-refractivity contribution in [1.29, 1.82) is 0 Å². The van der Waals surface area contributed by atoms with Crippen molar-refractivity contribution in [3.05, 3.63) is 59.4 Å². The van der Waals surface area contributed by atoms with Crippen LogP contribution in [0.1, 0.15) is 22.8 Å². The number of ether oxygens (including phenoxy) is 1. The van der Waals surface area contributed by atoms with Crippen molar-refractivity contribution >= 4 is 6.29 Å². The van der Waals surface area contributed by atoms with Crippen molar-refractivity contribution in [2.45, 2.75) is 13.3 Å². The first kappa shape index (κ1) is 12.3. The molecule has 3 heteroatoms. The van der Waals surface area contributed by atoms with Gasteiger partial charge < -0.3 is 4.74 Å². The van der Waals surface area contributed by atoms with E-state index in [0.717, 1.165) is 12.0 Å². The summed E-state index contributed by atoms with van der Waals surface area (Å²) in [5.41, 5.74) is 1.30. The van der Waals surface area contributed by atoms with Gasteiger partial charge in [-0.3, -0.25) is 4.79 Å². The largest absolute Gasteiger partial charge is 0.454 e. The Morgan fingerprint density at radius 2 is 2.00 bits per heavy atom. The van der Waals surface area contributed by atoms with E-state index in [1.165, 1.54) is 18.2 Å². The van der Waals surface area contributed by atoms with E-state index in [1.807, 2.05) is 25.1 Å². The smallest absolute Gasteiger partial charge is 0.173 e. The van der Waals surface area contributed by atoms with E-state index in [9.17, 15) is 9.18 Å². The molecule has 0 fully saturated rings. The highest BCUT2D eigenvalue weighted by Gasteiger charge is 2.10. The van der Waals surface area contributed by atoms with Gasteiger partial charge in [-0.2, -0.15) is 0 Å². The molecule has 0 atom stereocenters. The highest BCUT2D eigenvalue weighted by atomic mass is 19.1. The molecule has 0 heterocycles. The second-order valence-electron chi connectivity index (χ2n) is 3.88. The number of carbonyl (C=O) groups excluding carboxylic acids is 1. The molecule has 2 nitrogen and oxygen atoms in total. The van der Waals surface area contributed by atoms with Crippen LogP contribution in [-0.4, -0.2) is 6.29 Å². The molecule has 0 aliphatic carbocycles. The molecule has 0 aliphatic heterocycles. The third-order valence-electron chi connectivity index (χ3n) is 2.65. The molecule has 0 unspecified atom stereocenters. The topological polar surface area (TPSA) is 26.3 Å². The van der Waals surface area contributed by atoms with Gasteiger partial charge in [0.1, 0.15) is 5.75 Å². The second kappa shape index (κ2) is 5.45. The van der Waals surface area contributed by atoms with E-state index < -0.39 is 5.82 Å². The summed E-state index contributed by atoms with van der Waals surface area (Å²) >= 11 is 0. The summed E-state index contributed by atoms with van der Waals surface area (Å²) in [6.45, 7) is 2.03. The second-order valence-corrected chi connectivity index (χ2v) is 3.88. The first-order valence-corrected chi connectivity index (χ1v) is 5.75. The number of hydrogen-bond donors (Lipinski definition) is 0. The minimum absolute atomic E-state index is 0.0271. The van der Waals surface area contributed by atoms with Gasteiger partial charge in [-0.25, -0.2) is 4.39 Å². The molecule has 0 bridgehead atoms. The Kier molecular flexibility index (Phi) is 3.72. The molecule has 0 aromatic heterocycles. The van der Waals surface area contributed by atoms with E-state index >= 15 is 0 Å². The summed E-state index contributed by atoms with van der Waals surface area (Å²) in [4.78, 5) is 10.8. The standard InChI is InChI=1S/C15H13FO2/c1-2-11-5-3-7-13(9-11)18-15-12(10-17)6-4-8-14(15)16/h3-10H,2H2,1H3. The summed E-state index contributed by atoms with van der Waals surface area (Å²) in [5, 5.41) is 0. The molecule has 92 valence electrons. The number of para-hydroxylation sites is 1. The third-order valence-corrected chi connectivity index (χ3v) is 2.65. The van der Waals surface area contributed by atoms with Crippen LogP contribution in [0, 0.1) is 5.82 Å². The van der Waals surface area contributed by atoms with Crippen molar-refractivity contribution in [3.8, 4) is 11.5 Å². The summed E-state index contributed by atoms with van der Waals surface area (Å²) < 4.78 is 19.1. The number of hydrogen-bond acceptors (Lipinski definition) is 2. The van der Waals surface area contributed by atoms with Gasteiger partial charge in [-0.15, -0.1) is 0 Å². The van der Waals surface area contributed by atoms with Crippen LogP contribution in [0.2, 0.25) is 0 Å². The van der Waals surface area contributed by atoms with Crippen LogP contribution in [0.5, 0.6) is 11.5 Å². The molecule has 0 saturated carbocycles. The zero-order valence-corrected chi connectivity index (χ0v) is 10.0. The Bertz CT molecular complexity index is 564. The van der Waals surface area contributed by atoms with Crippen LogP contribution in [0.4, 0.5) is 4.39 Å². The maximum atomic E-state index is 13.6. The number of aldehydes is 1. The summed E-state index contributed by atoms with van der Waals surface area (Å²) in [6.07, 6.45) is 1.46. The molecule has 0 saturated heterocycles. The molecule has 2 rings (SSSR count). The predicted molar refractivity (Wildman–Crippen MR) is 67.7 cm³/mol. The summed E-state index contributed by atoms with van der Waals surface area (Å²) in [6, 6.07) is 11.7. The lowest BCUT2D eigenvalue weighted by Gasteiger charge is -2.09. The summed E-state index contributed by atoms with van der Waals surface area (Å²) in [5.74, 6) is -0.0372. The number of carbonyl (C=O) groups is 1. The van der Waals surface area contributed by atoms with Crippen LogP contribution in [0.3, 0.4) is 0 Å². The molecule has 0 amide bonds. The quantitative estimate of drug-likeness (QED) is 0.760. The van der Waals surface area contributed by atoms with E-state index in [1.54, 1.807) is 6.07 Å². The minimum atomic E-state index is -0.540. The van der Waals surface area contributed by atoms with Crippen molar-refractivity contribution in [1.82, 2.24) is 0 Å². The van der Waals surface area contributed by atoms with Crippen LogP contribution in [-0.2, 0) is 6.42 Å². The average molecular weight is 244 g/mol. The molecular formula is C15H13FO2. The van der Waals surface area contributed by atoms with Gasteiger partial charge >= 0.3 is 0 Å². The molecule has 0 N–H and O–H groups in total. The maximum absolute atomic E-state index is 13.6. The van der Waals surface area contributed by atoms with Crippen LogP contribution in [0.25, 0.3) is 0 Å². The minimum Gasteiger partial charge on any atom is -0.454 e. The van der Waals surface area contributed by atoms with Crippen molar-refractivity contribution < 1.29 is 13.9 Å². The van der Waals surface area contributed by atoms with Crippen LogP contribution >= 0.6 is 0 Å². The lowest BCUT2D eigenvalue weighted by atomic mass is 10.1. The molecular weight excluding hydrogens is 231 g/mol. The molecule has 0 radical (unpaired) electrons. The van der Waals surface area contributed by atoms with Gasteiger partial charge in [0.2, 0.25) is 0 Å². The van der Waals surface area contributed by atoms with E-state index in [2.05, 4.69) is 0 Å². The average Bonchev–Trinajstić information content (AvgIpc) is 2.41. The first-order chi connectivity index (χ1) is 8.74. The Morgan fingerprint density at radius 1 is 1.22 bits per heavy atom. The normalized spacial score (nSPS) is 10.1. The van der Waals surface area contributed by atoms with Crippen molar-refractivity contribution in [3.63, 3.8) is 0 Å². The maximum Gasteiger partial charge on any atom is 0.173 e. The fraction of sp³-hybridized carbons (Fsp3) is 0.133. The third kappa shape index (κ3) is 2.56. The number of aryl methyl sites for hydroxylation is 1. The fourth-order valence-corrected chi connectivity index (χ4v) is 1.67. The monoisotopic (exact) mass is 244 g/mol. The number of benzene rings is 2. The van der Waals surface area contributed by atoms with Crippen LogP contribution < -0.4 is 4.74 Å². The van der Waals surface area contributed by atoms with E-state index in [0.29, 0.717) is 12.0 Å². The predicted octanol–water partition coefficient (Wildman–Crippen LogP) is 3.99. The first-order valence-electron chi connectivity index (χ1n) is 5.75. The fourth-order valence-electron chi connectivity index (χ4n) is 1.67. The van der Waals surface area contributed by atoms with Crippen molar-refractivity contribution in [2.75, 3.05) is 0 Å². The van der Waals surface area contributed by atoms with Gasteiger partial charge in [0.05, 0.1) is 5.56 Å². The molecule has 2 aromatic rings. The highest BCUT2D eigenvalue weighted by molar-refractivity contribution is 5.79. The zero-order valence-electron chi connectivity index (χ0n) is 10.0. The number of rotatable bonds is 4. The Labute approximate surface area is 105 Å². The van der Waals surface area contributed by atoms with Gasteiger partial charge in [0, 0.05) is 0 Å². The molecule has 18 heavy (non-hydrogen) atoms. The van der Waals surface area contributed by atoms with E-state index in [-0.39, 0.29) is 11.3 Å². The van der Waals surface area contributed by atoms with Gasteiger partial charge in [0.15, 0.2) is 17.9 Å². The molecule has 0 spiro atoms. The lowest BCUT2D eigenvalue weighted by Crippen LogP contribution is -1.94. The Balaban J connectivity index is 2.36. The molecule has 2 aromatic carbocycles. The van der Waals surface area contributed by atoms with Crippen molar-refractivity contribution in [2.24, 2.45) is 0 Å². The van der Waals surface area contributed by atoms with Crippen LogP contribution in [0.15, 0.2) is 42.5 Å². The Morgan fingerprint density at radius 3 is 2.72 bits per heavy atom. The van der Waals surface area contributed by atoms with Gasteiger partial charge in [0.25, 0.3) is 0 Å². The van der Waals surface area contributed by atoms with Gasteiger partial charge in [-0.05, 0) is 36.2 Å². The zero-order chi connectivity index (χ0) is 13.0. The Hall–Kier alpha value is -2.16. The highest BCUT2D eigenvalue weighted by Crippen LogP contribution is 2.28. The lowest BCUT2D eigenvalue weighted by molar-refractivity contribution is 0.112. The SMILES string of the molecule is CCc1cccc(Oc2c(F)cccc2C=O)c1. The summed E-state index contributed by atoms with van der Waals surface area (Å²) in [7, 11) is 0. The van der Waals surface area contributed by atoms with E-state index in [4.69, 9.17) is 4.74 Å². The number of halogens is 1. The van der Waals surface area contributed by atoms with Gasteiger partial charge in [-0.1, -0.05) is 25.1 Å².